The number of nitriles is 1. The number of carbonyl (C=O) groups is 1. The van der Waals surface area contributed by atoms with E-state index in [0.717, 1.165) is 6.33 Å². The maximum atomic E-state index is 12.4. The molecule has 0 unspecified atom stereocenters. The van der Waals surface area contributed by atoms with Crippen molar-refractivity contribution in [2.24, 2.45) is 0 Å². The largest absolute Gasteiger partial charge is 0.471 e. The Bertz CT molecular complexity index is 1120. The summed E-state index contributed by atoms with van der Waals surface area (Å²) in [6.45, 7) is 1.09. The van der Waals surface area contributed by atoms with Crippen LogP contribution in [0.3, 0.4) is 0 Å². The van der Waals surface area contributed by atoms with E-state index in [1.165, 1.54) is 10.8 Å². The zero-order chi connectivity index (χ0) is 19.8. The number of furan rings is 1. The van der Waals surface area contributed by atoms with Gasteiger partial charge in [-0.3, -0.25) is 9.59 Å². The van der Waals surface area contributed by atoms with Gasteiger partial charge in [0.2, 0.25) is 0 Å². The lowest BCUT2D eigenvalue weighted by Gasteiger charge is -2.11. The van der Waals surface area contributed by atoms with E-state index in [9.17, 15) is 28.0 Å². The normalized spacial score (nSPS) is 11.5. The number of alkyl halides is 3. The zero-order valence-corrected chi connectivity index (χ0v) is 13.8. The fourth-order valence-corrected chi connectivity index (χ4v) is 2.75. The molecular weight excluding hydrogens is 367 g/mol. The number of aryl methyl sites for hydroxylation is 1. The second-order valence-electron chi connectivity index (χ2n) is 5.60. The Hall–Kier alpha value is -3.55. The lowest BCUT2D eigenvalue weighted by Crippen LogP contribution is -2.38. The van der Waals surface area contributed by atoms with Crippen molar-refractivity contribution in [3.63, 3.8) is 0 Å². The minimum Gasteiger partial charge on any atom is -0.462 e. The van der Waals surface area contributed by atoms with Crippen molar-refractivity contribution in [2.45, 2.75) is 19.6 Å². The molecule has 0 aliphatic rings. The van der Waals surface area contributed by atoms with Crippen molar-refractivity contribution >= 4 is 16.9 Å². The highest BCUT2D eigenvalue weighted by Crippen LogP contribution is 2.33. The third-order valence-corrected chi connectivity index (χ3v) is 3.91. The first kappa shape index (κ1) is 18.2. The maximum Gasteiger partial charge on any atom is 0.471 e. The molecular formula is C16H12F3N5O3. The van der Waals surface area contributed by atoms with Gasteiger partial charge in [-0.15, -0.1) is 0 Å². The van der Waals surface area contributed by atoms with Crippen LogP contribution >= 0.6 is 0 Å². The number of aromatic amines is 1. The molecule has 3 aromatic rings. The van der Waals surface area contributed by atoms with Crippen molar-refractivity contribution in [1.82, 2.24) is 19.9 Å². The first-order chi connectivity index (χ1) is 12.8. The number of hydrogen-bond donors (Lipinski definition) is 2. The van der Waals surface area contributed by atoms with Crippen LogP contribution in [0.15, 0.2) is 27.9 Å². The summed E-state index contributed by atoms with van der Waals surface area (Å²) in [7, 11) is 0. The van der Waals surface area contributed by atoms with Gasteiger partial charge in [-0.05, 0) is 18.6 Å². The molecule has 0 bridgehead atoms. The fourth-order valence-electron chi connectivity index (χ4n) is 2.75. The molecule has 0 aromatic carbocycles. The maximum absolute atomic E-state index is 12.4. The number of nitrogens with zero attached hydrogens (tertiary/aromatic N) is 3. The van der Waals surface area contributed by atoms with Crippen molar-refractivity contribution in [1.29, 1.82) is 5.26 Å². The van der Waals surface area contributed by atoms with E-state index >= 15 is 0 Å². The van der Waals surface area contributed by atoms with Gasteiger partial charge in [0.25, 0.3) is 5.56 Å². The number of hydrogen-bond acceptors (Lipinski definition) is 5. The molecule has 8 nitrogen and oxygen atoms in total. The number of carbonyl (C=O) groups excluding carboxylic acids is 1. The van der Waals surface area contributed by atoms with E-state index in [4.69, 9.17) is 4.42 Å². The van der Waals surface area contributed by atoms with Crippen LogP contribution < -0.4 is 10.9 Å². The summed E-state index contributed by atoms with van der Waals surface area (Å²) >= 11 is 0. The van der Waals surface area contributed by atoms with Crippen LogP contribution in [-0.2, 0) is 11.3 Å². The first-order valence-electron chi connectivity index (χ1n) is 7.65. The molecule has 0 saturated carbocycles. The lowest BCUT2D eigenvalue weighted by atomic mass is 10.1. The Balaban J connectivity index is 2.13. The monoisotopic (exact) mass is 379 g/mol. The second-order valence-corrected chi connectivity index (χ2v) is 5.60. The number of fused-ring (bicyclic) bond motifs is 1. The van der Waals surface area contributed by atoms with Gasteiger partial charge in [0.1, 0.15) is 28.4 Å². The Morgan fingerprint density at radius 2 is 2.22 bits per heavy atom. The molecule has 0 fully saturated rings. The van der Waals surface area contributed by atoms with Crippen molar-refractivity contribution in [2.75, 3.05) is 6.54 Å². The molecule has 11 heteroatoms. The first-order valence-corrected chi connectivity index (χ1v) is 7.65. The standard InChI is InChI=1S/C16H12F3N5O3/c1-8-2-5-27-13(8)11-9(6-20)10-12(14(25)23-7-22-10)24(11)4-3-21-15(26)16(17,18)19/h2,5,7H,3-4H2,1H3,(H,21,26)(H,22,23,25). The van der Waals surface area contributed by atoms with Crippen molar-refractivity contribution < 1.29 is 22.4 Å². The quantitative estimate of drug-likeness (QED) is 0.717. The number of halogens is 3. The predicted molar refractivity (Wildman–Crippen MR) is 86.6 cm³/mol. The van der Waals surface area contributed by atoms with Crippen LogP contribution in [0.5, 0.6) is 0 Å². The van der Waals surface area contributed by atoms with Crippen LogP contribution in [0.2, 0.25) is 0 Å². The van der Waals surface area contributed by atoms with E-state index in [0.29, 0.717) is 5.56 Å². The molecule has 2 N–H and O–H groups in total. The van der Waals surface area contributed by atoms with E-state index in [2.05, 4.69) is 9.97 Å². The van der Waals surface area contributed by atoms with Gasteiger partial charge in [-0.1, -0.05) is 0 Å². The number of rotatable bonds is 4. The SMILES string of the molecule is Cc1ccoc1-c1c(C#N)c2nc[nH]c(=O)c2n1CCNC(=O)C(F)(F)F. The topological polar surface area (TPSA) is 117 Å². The van der Waals surface area contributed by atoms with Crippen molar-refractivity contribution in [3.8, 4) is 17.5 Å². The molecule has 0 radical (unpaired) electrons. The van der Waals surface area contributed by atoms with Crippen molar-refractivity contribution in [3.05, 3.63) is 40.1 Å². The second kappa shape index (κ2) is 6.64. The van der Waals surface area contributed by atoms with Crippen LogP contribution in [0.25, 0.3) is 22.5 Å². The van der Waals surface area contributed by atoms with E-state index in [1.807, 2.05) is 6.07 Å². The Morgan fingerprint density at radius 1 is 1.48 bits per heavy atom. The highest BCUT2D eigenvalue weighted by Gasteiger charge is 2.38. The zero-order valence-electron chi connectivity index (χ0n) is 13.8. The van der Waals surface area contributed by atoms with Gasteiger partial charge < -0.3 is 19.3 Å². The molecule has 1 amide bonds. The van der Waals surface area contributed by atoms with Gasteiger partial charge >= 0.3 is 12.1 Å². The number of amides is 1. The third kappa shape index (κ3) is 3.17. The Morgan fingerprint density at radius 3 is 2.81 bits per heavy atom. The minimum atomic E-state index is -5.02. The Kier molecular flexibility index (Phi) is 4.49. The van der Waals surface area contributed by atoms with Crippen LogP contribution in [0, 0.1) is 18.3 Å². The summed E-state index contributed by atoms with van der Waals surface area (Å²) in [5, 5.41) is 11.3. The highest BCUT2D eigenvalue weighted by molar-refractivity contribution is 5.90. The van der Waals surface area contributed by atoms with Gasteiger partial charge in [0.05, 0.1) is 12.6 Å². The molecule has 140 valence electrons. The lowest BCUT2D eigenvalue weighted by molar-refractivity contribution is -0.173. The average molecular weight is 379 g/mol. The smallest absolute Gasteiger partial charge is 0.462 e. The van der Waals surface area contributed by atoms with E-state index < -0.39 is 24.2 Å². The molecule has 3 heterocycles. The number of aromatic nitrogens is 3. The minimum absolute atomic E-state index is 0.00103. The summed E-state index contributed by atoms with van der Waals surface area (Å²) in [6, 6.07) is 3.60. The summed E-state index contributed by atoms with van der Waals surface area (Å²) in [5.74, 6) is -1.81. The van der Waals surface area contributed by atoms with Gasteiger partial charge in [-0.2, -0.15) is 18.4 Å². The number of nitrogens with one attached hydrogen (secondary N) is 2. The molecule has 0 saturated heterocycles. The predicted octanol–water partition coefficient (Wildman–Crippen LogP) is 1.84. The van der Waals surface area contributed by atoms with Gasteiger partial charge in [0, 0.05) is 13.1 Å². The summed E-state index contributed by atoms with van der Waals surface area (Å²) in [6.07, 6.45) is -2.51. The molecule has 0 aliphatic heterocycles. The fraction of sp³-hybridized carbons (Fsp3) is 0.250. The molecule has 3 aromatic heterocycles. The van der Waals surface area contributed by atoms with Gasteiger partial charge in [0.15, 0.2) is 5.76 Å². The summed E-state index contributed by atoms with van der Waals surface area (Å²) in [5.41, 5.74) is 0.437. The molecule has 0 spiro atoms. The van der Waals surface area contributed by atoms with E-state index in [1.54, 1.807) is 18.3 Å². The Labute approximate surface area is 149 Å². The van der Waals surface area contributed by atoms with Gasteiger partial charge in [-0.25, -0.2) is 4.98 Å². The van der Waals surface area contributed by atoms with Crippen LogP contribution in [-0.4, -0.2) is 33.2 Å². The number of H-pyrrole nitrogens is 1. The summed E-state index contributed by atoms with van der Waals surface area (Å²) in [4.78, 5) is 29.7. The highest BCUT2D eigenvalue weighted by atomic mass is 19.4. The summed E-state index contributed by atoms with van der Waals surface area (Å²) < 4.78 is 43.8. The van der Waals surface area contributed by atoms with E-state index in [-0.39, 0.29) is 34.6 Å². The molecule has 0 atom stereocenters. The molecule has 0 aliphatic carbocycles. The molecule has 3 rings (SSSR count). The van der Waals surface area contributed by atoms with Crippen LogP contribution in [0.4, 0.5) is 13.2 Å². The molecule has 27 heavy (non-hydrogen) atoms. The average Bonchev–Trinajstić information content (AvgIpc) is 3.15. The van der Waals surface area contributed by atoms with Crippen LogP contribution in [0.1, 0.15) is 11.1 Å². The third-order valence-electron chi connectivity index (χ3n) is 3.91.